The lowest BCUT2D eigenvalue weighted by atomic mass is 9.81. The highest BCUT2D eigenvalue weighted by Gasteiger charge is 2.34. The average molecular weight is 212 g/mol. The molecule has 0 aromatic carbocycles. The van der Waals surface area contributed by atoms with Gasteiger partial charge in [-0.1, -0.05) is 23.7 Å². The van der Waals surface area contributed by atoms with Crippen LogP contribution in [-0.4, -0.2) is 21.4 Å². The van der Waals surface area contributed by atoms with Crippen molar-refractivity contribution in [2.45, 2.75) is 40.0 Å². The van der Waals surface area contributed by atoms with Crippen LogP contribution < -0.4 is 0 Å². The number of rotatable bonds is 5. The van der Waals surface area contributed by atoms with E-state index in [2.05, 4.69) is 14.9 Å². The van der Waals surface area contributed by atoms with Gasteiger partial charge in [-0.25, -0.2) is 4.63 Å². The van der Waals surface area contributed by atoms with Gasteiger partial charge in [0.05, 0.1) is 5.41 Å². The highest BCUT2D eigenvalue weighted by Crippen LogP contribution is 2.28. The first kappa shape index (κ1) is 11.7. The molecule has 0 bridgehead atoms. The minimum absolute atomic E-state index is 0.367. The second-order valence-electron chi connectivity index (χ2n) is 4.09. The van der Waals surface area contributed by atoms with Gasteiger partial charge in [-0.15, -0.1) is 0 Å². The number of carboxylic acids is 1. The molecule has 1 N–H and O–H groups in total. The number of aliphatic carboxylic acids is 1. The van der Waals surface area contributed by atoms with Gasteiger partial charge >= 0.3 is 5.97 Å². The van der Waals surface area contributed by atoms with Gasteiger partial charge in [0.2, 0.25) is 0 Å². The Kier molecular flexibility index (Phi) is 3.44. The first-order valence-electron chi connectivity index (χ1n) is 5.01. The molecule has 1 aromatic rings. The minimum Gasteiger partial charge on any atom is -0.481 e. The van der Waals surface area contributed by atoms with Crippen LogP contribution in [0.1, 0.15) is 38.1 Å². The van der Waals surface area contributed by atoms with Crippen molar-refractivity contribution < 1.29 is 14.5 Å². The summed E-state index contributed by atoms with van der Waals surface area (Å²) < 4.78 is 4.56. The lowest BCUT2D eigenvalue weighted by Crippen LogP contribution is -2.30. The lowest BCUT2D eigenvalue weighted by Gasteiger charge is -2.22. The standard InChI is InChI=1S/C10H16N2O3/c1-4-5-10(3,9(13)14)6-8-7(2)11-15-12-8/h4-6H2,1-3H3,(H,13,14). The van der Waals surface area contributed by atoms with Crippen molar-refractivity contribution in [3.8, 4) is 0 Å². The van der Waals surface area contributed by atoms with Gasteiger partial charge in [-0.3, -0.25) is 4.79 Å². The van der Waals surface area contributed by atoms with Crippen LogP contribution in [0.25, 0.3) is 0 Å². The Morgan fingerprint density at radius 1 is 1.53 bits per heavy atom. The van der Waals surface area contributed by atoms with Crippen molar-refractivity contribution >= 4 is 5.97 Å². The third-order valence-corrected chi connectivity index (χ3v) is 2.62. The van der Waals surface area contributed by atoms with Gasteiger partial charge in [0.15, 0.2) is 0 Å². The van der Waals surface area contributed by atoms with E-state index < -0.39 is 11.4 Å². The number of carbonyl (C=O) groups is 1. The molecule has 5 nitrogen and oxygen atoms in total. The monoisotopic (exact) mass is 212 g/mol. The Bertz CT molecular complexity index is 348. The fourth-order valence-electron chi connectivity index (χ4n) is 1.60. The fourth-order valence-corrected chi connectivity index (χ4v) is 1.60. The highest BCUT2D eigenvalue weighted by molar-refractivity contribution is 5.74. The number of aryl methyl sites for hydroxylation is 1. The zero-order valence-electron chi connectivity index (χ0n) is 9.28. The van der Waals surface area contributed by atoms with E-state index in [0.29, 0.717) is 24.2 Å². The molecule has 1 heterocycles. The van der Waals surface area contributed by atoms with Crippen LogP contribution >= 0.6 is 0 Å². The van der Waals surface area contributed by atoms with Crippen molar-refractivity contribution in [3.63, 3.8) is 0 Å². The fraction of sp³-hybridized carbons (Fsp3) is 0.700. The Hall–Kier alpha value is -1.39. The summed E-state index contributed by atoms with van der Waals surface area (Å²) in [6, 6.07) is 0. The van der Waals surface area contributed by atoms with Crippen LogP contribution in [0.5, 0.6) is 0 Å². The molecule has 0 spiro atoms. The second-order valence-corrected chi connectivity index (χ2v) is 4.09. The van der Waals surface area contributed by atoms with Gasteiger partial charge in [-0.2, -0.15) is 0 Å². The number of nitrogens with zero attached hydrogens (tertiary/aromatic N) is 2. The topological polar surface area (TPSA) is 76.2 Å². The number of hydrogen-bond donors (Lipinski definition) is 1. The molecule has 0 saturated carbocycles. The van der Waals surface area contributed by atoms with Crippen LogP contribution in [0.2, 0.25) is 0 Å². The summed E-state index contributed by atoms with van der Waals surface area (Å²) in [6.45, 7) is 5.46. The SMILES string of the molecule is CCCC(C)(Cc1nonc1C)C(=O)O. The van der Waals surface area contributed by atoms with Crippen molar-refractivity contribution in [2.75, 3.05) is 0 Å². The van der Waals surface area contributed by atoms with Gasteiger partial charge in [0.25, 0.3) is 0 Å². The van der Waals surface area contributed by atoms with Crippen LogP contribution in [0.15, 0.2) is 4.63 Å². The van der Waals surface area contributed by atoms with Gasteiger partial charge in [-0.05, 0) is 20.3 Å². The molecule has 5 heteroatoms. The summed E-state index contributed by atoms with van der Waals surface area (Å²) in [6.07, 6.45) is 1.81. The highest BCUT2D eigenvalue weighted by atomic mass is 16.6. The molecule has 1 unspecified atom stereocenters. The minimum atomic E-state index is -0.799. The zero-order chi connectivity index (χ0) is 11.5. The van der Waals surface area contributed by atoms with E-state index in [4.69, 9.17) is 0 Å². The predicted molar refractivity (Wildman–Crippen MR) is 53.4 cm³/mol. The molecule has 1 aromatic heterocycles. The van der Waals surface area contributed by atoms with E-state index >= 15 is 0 Å². The molecule has 0 saturated heterocycles. The van der Waals surface area contributed by atoms with Crippen molar-refractivity contribution in [1.29, 1.82) is 0 Å². The van der Waals surface area contributed by atoms with Gasteiger partial charge in [0.1, 0.15) is 11.4 Å². The third kappa shape index (κ3) is 2.55. The van der Waals surface area contributed by atoms with Crippen LogP contribution in [0, 0.1) is 12.3 Å². The number of hydrogen-bond acceptors (Lipinski definition) is 4. The maximum Gasteiger partial charge on any atom is 0.309 e. The van der Waals surface area contributed by atoms with Crippen LogP contribution in [0.4, 0.5) is 0 Å². The maximum atomic E-state index is 11.2. The Labute approximate surface area is 88.4 Å². The van der Waals surface area contributed by atoms with Gasteiger partial charge < -0.3 is 5.11 Å². The molecule has 84 valence electrons. The number of carboxylic acid groups (broad SMARTS) is 1. The van der Waals surface area contributed by atoms with E-state index in [9.17, 15) is 9.90 Å². The molecule has 0 aliphatic carbocycles. The number of aromatic nitrogens is 2. The summed E-state index contributed by atoms with van der Waals surface area (Å²) in [5.41, 5.74) is 0.518. The lowest BCUT2D eigenvalue weighted by molar-refractivity contribution is -0.148. The van der Waals surface area contributed by atoms with E-state index in [1.165, 1.54) is 0 Å². The van der Waals surface area contributed by atoms with E-state index in [-0.39, 0.29) is 0 Å². The van der Waals surface area contributed by atoms with E-state index in [1.54, 1.807) is 13.8 Å². The molecule has 15 heavy (non-hydrogen) atoms. The van der Waals surface area contributed by atoms with Crippen molar-refractivity contribution in [2.24, 2.45) is 5.41 Å². The molecule has 1 atom stereocenters. The molecule has 0 radical (unpaired) electrons. The van der Waals surface area contributed by atoms with Crippen molar-refractivity contribution in [3.05, 3.63) is 11.4 Å². The predicted octanol–water partition coefficient (Wildman–Crippen LogP) is 1.81. The zero-order valence-corrected chi connectivity index (χ0v) is 9.28. The molecule has 0 aliphatic heterocycles. The Balaban J connectivity index is 2.84. The van der Waals surface area contributed by atoms with E-state index in [0.717, 1.165) is 6.42 Å². The summed E-state index contributed by atoms with van der Waals surface area (Å²) in [4.78, 5) is 11.2. The summed E-state index contributed by atoms with van der Waals surface area (Å²) in [7, 11) is 0. The van der Waals surface area contributed by atoms with Gasteiger partial charge in [0, 0.05) is 6.42 Å². The van der Waals surface area contributed by atoms with Crippen molar-refractivity contribution in [1.82, 2.24) is 10.3 Å². The largest absolute Gasteiger partial charge is 0.481 e. The summed E-state index contributed by atoms with van der Waals surface area (Å²) in [5, 5.41) is 16.5. The first-order chi connectivity index (χ1) is 6.99. The molecule has 1 rings (SSSR count). The normalized spacial score (nSPS) is 14.9. The summed E-state index contributed by atoms with van der Waals surface area (Å²) >= 11 is 0. The average Bonchev–Trinajstić information content (AvgIpc) is 2.52. The molecule has 0 fully saturated rings. The molecule has 0 aliphatic rings. The summed E-state index contributed by atoms with van der Waals surface area (Å²) in [5.74, 6) is -0.799. The molecular weight excluding hydrogens is 196 g/mol. The Morgan fingerprint density at radius 2 is 2.20 bits per heavy atom. The molecule has 0 amide bonds. The van der Waals surface area contributed by atoms with Crippen LogP contribution in [-0.2, 0) is 11.2 Å². The van der Waals surface area contributed by atoms with Crippen LogP contribution in [0.3, 0.4) is 0 Å². The quantitative estimate of drug-likeness (QED) is 0.805. The maximum absolute atomic E-state index is 11.2. The Morgan fingerprint density at radius 3 is 2.60 bits per heavy atom. The smallest absolute Gasteiger partial charge is 0.309 e. The first-order valence-corrected chi connectivity index (χ1v) is 5.01. The van der Waals surface area contributed by atoms with E-state index in [1.807, 2.05) is 6.92 Å². The third-order valence-electron chi connectivity index (χ3n) is 2.62. The second kappa shape index (κ2) is 4.42. The molecular formula is C10H16N2O3.